The van der Waals surface area contributed by atoms with Crippen molar-refractivity contribution in [3.63, 3.8) is 0 Å². The number of rotatable bonds is 5. The van der Waals surface area contributed by atoms with Crippen LogP contribution in [0.25, 0.3) is 5.69 Å². The quantitative estimate of drug-likeness (QED) is 0.499. The summed E-state index contributed by atoms with van der Waals surface area (Å²) in [6, 6.07) is 11.3. The molecule has 36 heavy (non-hydrogen) atoms. The molecule has 3 atom stereocenters. The fraction of sp³-hybridized carbons (Fsp3) is 0.393. The third-order valence-corrected chi connectivity index (χ3v) is 8.09. The minimum atomic E-state index is -1.01. The topological polar surface area (TPSA) is 73.2 Å². The minimum Gasteiger partial charge on any atom is -0.467 e. The van der Waals surface area contributed by atoms with Crippen LogP contribution < -0.4 is 5.32 Å². The highest BCUT2D eigenvalue weighted by Crippen LogP contribution is 2.57. The Morgan fingerprint density at radius 3 is 2.36 bits per heavy atom. The number of hydrogen-bond donors (Lipinski definition) is 1. The van der Waals surface area contributed by atoms with Crippen molar-refractivity contribution in [2.45, 2.75) is 50.0 Å². The predicted molar refractivity (Wildman–Crippen MR) is 128 cm³/mol. The van der Waals surface area contributed by atoms with Crippen molar-refractivity contribution in [1.29, 1.82) is 0 Å². The fourth-order valence-electron chi connectivity index (χ4n) is 6.79. The number of nitrogens with zero attached hydrogens (tertiary/aromatic N) is 2. The largest absolute Gasteiger partial charge is 0.467 e. The molecule has 4 aliphatic rings. The van der Waals surface area contributed by atoms with E-state index in [0.717, 1.165) is 43.0 Å². The standard InChI is InChI=1S/C28H27F2N3O3/c1-36-28(35)24(17-5-3-2-4-6-17)31-27(34)25-23-18-10-15-9-16(11-18)13-19(12-15)26(23)33(32-25)22-8-7-20(29)14-21(22)30/h2-8,14-16,18-19,24H,9-13H2,1H3,(H,31,34)/t15?,16?,18?,19?,24-/m0/s1. The summed E-state index contributed by atoms with van der Waals surface area (Å²) in [5.74, 6) is -1.08. The number of ether oxygens (including phenoxy) is 1. The van der Waals surface area contributed by atoms with Crippen LogP contribution in [-0.4, -0.2) is 28.8 Å². The lowest BCUT2D eigenvalue weighted by Gasteiger charge is -2.38. The molecule has 1 amide bonds. The van der Waals surface area contributed by atoms with E-state index in [2.05, 4.69) is 10.4 Å². The summed E-state index contributed by atoms with van der Waals surface area (Å²) in [5.41, 5.74) is 2.63. The first-order valence-electron chi connectivity index (χ1n) is 12.4. The molecular formula is C28H27F2N3O3. The SMILES string of the molecule is COC(=O)[C@@H](NC(=O)c1nn(-c2ccc(F)cc2F)c2c1C1CC3CC(C1)CC2C3)c1ccccc1. The molecule has 6 nitrogen and oxygen atoms in total. The van der Waals surface area contributed by atoms with Gasteiger partial charge in [0.1, 0.15) is 11.5 Å². The van der Waals surface area contributed by atoms with Crippen LogP contribution in [0.3, 0.4) is 0 Å². The van der Waals surface area contributed by atoms with Crippen molar-refractivity contribution >= 4 is 11.9 Å². The Morgan fingerprint density at radius 2 is 1.69 bits per heavy atom. The van der Waals surface area contributed by atoms with Crippen LogP contribution in [0.15, 0.2) is 48.5 Å². The zero-order chi connectivity index (χ0) is 25.0. The van der Waals surface area contributed by atoms with E-state index < -0.39 is 29.6 Å². The Hall–Kier alpha value is -3.55. The third-order valence-electron chi connectivity index (χ3n) is 8.09. The smallest absolute Gasteiger partial charge is 0.333 e. The number of esters is 1. The predicted octanol–water partition coefficient (Wildman–Crippen LogP) is 5.19. The zero-order valence-electron chi connectivity index (χ0n) is 19.9. The Bertz CT molecular complexity index is 1330. The molecule has 186 valence electrons. The summed E-state index contributed by atoms with van der Waals surface area (Å²) in [4.78, 5) is 26.4. The average Bonchev–Trinajstić information content (AvgIpc) is 3.18. The van der Waals surface area contributed by atoms with E-state index in [9.17, 15) is 18.4 Å². The van der Waals surface area contributed by atoms with E-state index >= 15 is 0 Å². The molecule has 0 aliphatic heterocycles. The van der Waals surface area contributed by atoms with Crippen molar-refractivity contribution in [2.24, 2.45) is 11.8 Å². The molecule has 4 aliphatic carbocycles. The van der Waals surface area contributed by atoms with Gasteiger partial charge in [0.2, 0.25) is 0 Å². The Kier molecular flexibility index (Phi) is 5.62. The van der Waals surface area contributed by atoms with Gasteiger partial charge in [-0.15, -0.1) is 0 Å². The van der Waals surface area contributed by atoms with Gasteiger partial charge in [-0.3, -0.25) is 4.79 Å². The average molecular weight is 492 g/mol. The number of amides is 1. The van der Waals surface area contributed by atoms with Gasteiger partial charge < -0.3 is 10.1 Å². The Balaban J connectivity index is 1.47. The number of aromatic nitrogens is 2. The highest BCUT2D eigenvalue weighted by Gasteiger charge is 2.46. The van der Waals surface area contributed by atoms with Gasteiger partial charge in [0.25, 0.3) is 5.91 Å². The molecule has 1 aromatic heterocycles. The van der Waals surface area contributed by atoms with Gasteiger partial charge in [-0.2, -0.15) is 5.10 Å². The van der Waals surface area contributed by atoms with Gasteiger partial charge in [-0.05, 0) is 67.6 Å². The summed E-state index contributed by atoms with van der Waals surface area (Å²) in [7, 11) is 1.28. The molecule has 3 aromatic rings. The van der Waals surface area contributed by atoms with Crippen molar-refractivity contribution in [1.82, 2.24) is 15.1 Å². The Labute approximate surface area is 207 Å². The van der Waals surface area contributed by atoms with Crippen molar-refractivity contribution in [3.05, 3.63) is 82.7 Å². The zero-order valence-corrected chi connectivity index (χ0v) is 19.9. The lowest BCUT2D eigenvalue weighted by Crippen LogP contribution is -2.35. The molecule has 2 saturated carbocycles. The number of carbonyl (C=O) groups is 2. The monoisotopic (exact) mass is 491 g/mol. The number of nitrogens with one attached hydrogen (secondary N) is 1. The van der Waals surface area contributed by atoms with Crippen molar-refractivity contribution in [3.8, 4) is 5.69 Å². The molecule has 0 spiro atoms. The van der Waals surface area contributed by atoms with E-state index in [1.807, 2.05) is 6.07 Å². The fourth-order valence-corrected chi connectivity index (χ4v) is 6.79. The number of methoxy groups -OCH3 is 1. The molecule has 1 N–H and O–H groups in total. The van der Waals surface area contributed by atoms with Gasteiger partial charge in [-0.25, -0.2) is 18.3 Å². The molecule has 0 radical (unpaired) electrons. The molecule has 8 heteroatoms. The van der Waals surface area contributed by atoms with Crippen molar-refractivity contribution < 1.29 is 23.1 Å². The van der Waals surface area contributed by atoms with E-state index in [0.29, 0.717) is 17.4 Å². The number of benzene rings is 2. The maximum absolute atomic E-state index is 15.0. The summed E-state index contributed by atoms with van der Waals surface area (Å²) >= 11 is 0. The molecule has 4 bridgehead atoms. The normalized spacial score (nSPS) is 24.6. The highest BCUT2D eigenvalue weighted by atomic mass is 19.1. The van der Waals surface area contributed by atoms with E-state index in [-0.39, 0.29) is 23.2 Å². The first-order chi connectivity index (χ1) is 17.4. The van der Waals surface area contributed by atoms with Crippen LogP contribution in [0, 0.1) is 23.5 Å². The molecular weight excluding hydrogens is 464 g/mol. The molecule has 2 unspecified atom stereocenters. The second kappa shape index (κ2) is 8.84. The second-order valence-electron chi connectivity index (χ2n) is 10.3. The maximum atomic E-state index is 15.0. The first-order valence-corrected chi connectivity index (χ1v) is 12.4. The van der Waals surface area contributed by atoms with Crippen LogP contribution in [-0.2, 0) is 9.53 Å². The lowest BCUT2D eigenvalue weighted by atomic mass is 9.67. The van der Waals surface area contributed by atoms with Crippen molar-refractivity contribution in [2.75, 3.05) is 7.11 Å². The number of hydrogen-bond acceptors (Lipinski definition) is 4. The molecule has 2 fully saturated rings. The van der Waals surface area contributed by atoms with Crippen LogP contribution in [0.5, 0.6) is 0 Å². The summed E-state index contributed by atoms with van der Waals surface area (Å²) in [6.07, 6.45) is 5.08. The molecule has 1 heterocycles. The molecule has 2 aromatic carbocycles. The number of halogens is 2. The van der Waals surface area contributed by atoms with Gasteiger partial charge in [0.05, 0.1) is 12.8 Å². The van der Waals surface area contributed by atoms with Crippen LogP contribution in [0.2, 0.25) is 0 Å². The maximum Gasteiger partial charge on any atom is 0.333 e. The van der Waals surface area contributed by atoms with Crippen LogP contribution in [0.4, 0.5) is 8.78 Å². The second-order valence-corrected chi connectivity index (χ2v) is 10.3. The summed E-state index contributed by atoms with van der Waals surface area (Å²) < 4.78 is 35.2. The van der Waals surface area contributed by atoms with E-state index in [1.165, 1.54) is 30.3 Å². The van der Waals surface area contributed by atoms with Gasteiger partial charge in [-0.1, -0.05) is 30.3 Å². The van der Waals surface area contributed by atoms with Gasteiger partial charge >= 0.3 is 5.97 Å². The first kappa shape index (κ1) is 22.9. The van der Waals surface area contributed by atoms with Gasteiger partial charge in [0.15, 0.2) is 17.6 Å². The lowest BCUT2D eigenvalue weighted by molar-refractivity contribution is -0.143. The van der Waals surface area contributed by atoms with Crippen LogP contribution >= 0.6 is 0 Å². The number of carbonyl (C=O) groups excluding carboxylic acids is 2. The highest BCUT2D eigenvalue weighted by molar-refractivity contribution is 5.97. The van der Waals surface area contributed by atoms with Crippen LogP contribution in [0.1, 0.15) is 77.3 Å². The Morgan fingerprint density at radius 1 is 1.00 bits per heavy atom. The minimum absolute atomic E-state index is 0.125. The summed E-state index contributed by atoms with van der Waals surface area (Å²) in [5, 5.41) is 7.46. The summed E-state index contributed by atoms with van der Waals surface area (Å²) in [6.45, 7) is 0. The third kappa shape index (κ3) is 3.79. The van der Waals surface area contributed by atoms with Gasteiger partial charge in [0, 0.05) is 17.5 Å². The van der Waals surface area contributed by atoms with E-state index in [4.69, 9.17) is 4.74 Å². The molecule has 0 saturated heterocycles. The van der Waals surface area contributed by atoms with E-state index in [1.54, 1.807) is 24.3 Å². The molecule has 7 rings (SSSR count).